The van der Waals surface area contributed by atoms with Crippen LogP contribution in [0.3, 0.4) is 0 Å². The number of aromatic nitrogens is 4. The smallest absolute Gasteiger partial charge is 0.223 e. The molecule has 0 aliphatic carbocycles. The number of anilines is 1. The first-order chi connectivity index (χ1) is 16.3. The van der Waals surface area contributed by atoms with Crippen LogP contribution >= 0.6 is 22.9 Å². The molecular formula is C22H23ClN6O3S2. The number of rotatable bonds is 6. The molecule has 1 aromatic carbocycles. The molecule has 34 heavy (non-hydrogen) atoms. The van der Waals surface area contributed by atoms with Gasteiger partial charge >= 0.3 is 0 Å². The maximum Gasteiger partial charge on any atom is 0.223 e. The number of fused-ring (bicyclic) bond motifs is 2. The fourth-order valence-corrected chi connectivity index (χ4v) is 5.84. The van der Waals surface area contributed by atoms with E-state index in [-0.39, 0.29) is 12.1 Å². The molecule has 1 atom stereocenters. The molecule has 0 saturated carbocycles. The molecule has 12 heteroatoms. The second kappa shape index (κ2) is 9.21. The number of piperidine rings is 1. The van der Waals surface area contributed by atoms with E-state index in [9.17, 15) is 8.42 Å². The SMILES string of the molecule is CC(Nc1ncnc2scnc12)c1cc2cccc(Cl)c2c(OC2CCN(S(C)(=O)=O)CC2)n1. The second-order valence-electron chi connectivity index (χ2n) is 8.26. The molecule has 4 heterocycles. The van der Waals surface area contributed by atoms with E-state index in [1.165, 1.54) is 28.2 Å². The highest BCUT2D eigenvalue weighted by molar-refractivity contribution is 7.88. The lowest BCUT2D eigenvalue weighted by atomic mass is 10.1. The molecule has 9 nitrogen and oxygen atoms in total. The van der Waals surface area contributed by atoms with Crippen molar-refractivity contribution >= 4 is 59.9 Å². The normalized spacial score (nSPS) is 16.7. The lowest BCUT2D eigenvalue weighted by molar-refractivity contribution is 0.132. The zero-order valence-corrected chi connectivity index (χ0v) is 21.0. The van der Waals surface area contributed by atoms with E-state index in [2.05, 4.69) is 20.3 Å². The van der Waals surface area contributed by atoms with Crippen molar-refractivity contribution in [3.8, 4) is 5.88 Å². The van der Waals surface area contributed by atoms with E-state index in [4.69, 9.17) is 21.3 Å². The monoisotopic (exact) mass is 518 g/mol. The number of hydrogen-bond acceptors (Lipinski definition) is 9. The van der Waals surface area contributed by atoms with Crippen molar-refractivity contribution in [2.24, 2.45) is 0 Å². The number of benzene rings is 1. The van der Waals surface area contributed by atoms with E-state index in [0.29, 0.717) is 42.7 Å². The van der Waals surface area contributed by atoms with E-state index >= 15 is 0 Å². The number of sulfonamides is 1. The van der Waals surface area contributed by atoms with Gasteiger partial charge < -0.3 is 10.1 Å². The second-order valence-corrected chi connectivity index (χ2v) is 11.5. The van der Waals surface area contributed by atoms with Crippen LogP contribution in [0, 0.1) is 0 Å². The van der Waals surface area contributed by atoms with Crippen LogP contribution in [0.15, 0.2) is 36.1 Å². The first-order valence-corrected chi connectivity index (χ1v) is 13.9. The van der Waals surface area contributed by atoms with Gasteiger partial charge in [0.25, 0.3) is 0 Å². The Labute approximate surface area is 206 Å². The summed E-state index contributed by atoms with van der Waals surface area (Å²) >= 11 is 7.99. The van der Waals surface area contributed by atoms with Crippen LogP contribution in [-0.2, 0) is 10.0 Å². The Balaban J connectivity index is 1.44. The molecule has 1 aliphatic heterocycles. The highest BCUT2D eigenvalue weighted by Crippen LogP contribution is 2.35. The van der Waals surface area contributed by atoms with E-state index in [1.807, 2.05) is 31.2 Å². The van der Waals surface area contributed by atoms with Crippen molar-refractivity contribution < 1.29 is 13.2 Å². The van der Waals surface area contributed by atoms with Crippen molar-refractivity contribution in [3.63, 3.8) is 0 Å². The lowest BCUT2D eigenvalue weighted by Crippen LogP contribution is -2.41. The van der Waals surface area contributed by atoms with Crippen molar-refractivity contribution in [1.29, 1.82) is 0 Å². The summed E-state index contributed by atoms with van der Waals surface area (Å²) in [7, 11) is -3.20. The van der Waals surface area contributed by atoms with Crippen LogP contribution in [0.5, 0.6) is 5.88 Å². The zero-order valence-electron chi connectivity index (χ0n) is 18.6. The van der Waals surface area contributed by atoms with Gasteiger partial charge in [0.1, 0.15) is 22.8 Å². The van der Waals surface area contributed by atoms with Crippen LogP contribution in [-0.4, -0.2) is 58.1 Å². The quantitative estimate of drug-likeness (QED) is 0.403. The summed E-state index contributed by atoms with van der Waals surface area (Å²) in [4.78, 5) is 18.6. The fourth-order valence-electron chi connectivity index (χ4n) is 4.08. The van der Waals surface area contributed by atoms with Gasteiger partial charge in [-0.2, -0.15) is 0 Å². The van der Waals surface area contributed by atoms with Crippen molar-refractivity contribution in [2.45, 2.75) is 31.9 Å². The summed E-state index contributed by atoms with van der Waals surface area (Å²) in [6, 6.07) is 7.47. The minimum absolute atomic E-state index is 0.153. The van der Waals surface area contributed by atoms with Crippen molar-refractivity contribution in [3.05, 3.63) is 46.8 Å². The Morgan fingerprint density at radius 2 is 2.03 bits per heavy atom. The third-order valence-electron chi connectivity index (χ3n) is 5.87. The number of pyridine rings is 1. The van der Waals surface area contributed by atoms with Crippen LogP contribution in [0.25, 0.3) is 21.1 Å². The molecule has 0 bridgehead atoms. The van der Waals surface area contributed by atoms with E-state index in [1.54, 1.807) is 5.51 Å². The predicted octanol–water partition coefficient (Wildman–Crippen LogP) is 4.26. The minimum Gasteiger partial charge on any atom is -0.474 e. The zero-order chi connectivity index (χ0) is 23.9. The Morgan fingerprint density at radius 1 is 1.24 bits per heavy atom. The summed E-state index contributed by atoms with van der Waals surface area (Å²) in [5, 5.41) is 5.60. The van der Waals surface area contributed by atoms with Gasteiger partial charge in [-0.1, -0.05) is 23.7 Å². The topological polar surface area (TPSA) is 110 Å². The van der Waals surface area contributed by atoms with Gasteiger partial charge in [0.2, 0.25) is 15.9 Å². The number of nitrogens with zero attached hydrogens (tertiary/aromatic N) is 5. The molecule has 1 unspecified atom stereocenters. The molecule has 4 aromatic rings. The molecule has 0 spiro atoms. The molecule has 0 amide bonds. The predicted molar refractivity (Wildman–Crippen MR) is 134 cm³/mol. The fraction of sp³-hybridized carbons (Fsp3) is 0.364. The molecule has 178 valence electrons. The molecule has 0 radical (unpaired) electrons. The molecule has 3 aromatic heterocycles. The van der Waals surface area contributed by atoms with Gasteiger partial charge in [0, 0.05) is 13.1 Å². The van der Waals surface area contributed by atoms with Crippen LogP contribution in [0.4, 0.5) is 5.82 Å². The lowest BCUT2D eigenvalue weighted by Gasteiger charge is -2.30. The highest BCUT2D eigenvalue weighted by atomic mass is 35.5. The third kappa shape index (κ3) is 4.65. The maximum absolute atomic E-state index is 11.8. The van der Waals surface area contributed by atoms with Gasteiger partial charge in [-0.05, 0) is 37.3 Å². The Kier molecular flexibility index (Phi) is 6.28. The van der Waals surface area contributed by atoms with E-state index in [0.717, 1.165) is 26.8 Å². The van der Waals surface area contributed by atoms with Gasteiger partial charge in [-0.3, -0.25) is 0 Å². The number of ether oxygens (including phenoxy) is 1. The molecule has 1 saturated heterocycles. The number of hydrogen-bond donors (Lipinski definition) is 1. The molecule has 5 rings (SSSR count). The average molecular weight is 519 g/mol. The Bertz CT molecular complexity index is 1450. The summed E-state index contributed by atoms with van der Waals surface area (Å²) in [5.41, 5.74) is 3.23. The maximum atomic E-state index is 11.8. The Morgan fingerprint density at radius 3 is 2.79 bits per heavy atom. The van der Waals surface area contributed by atoms with Crippen LogP contribution in [0.2, 0.25) is 5.02 Å². The largest absolute Gasteiger partial charge is 0.474 e. The summed E-state index contributed by atoms with van der Waals surface area (Å²) < 4.78 is 31.5. The summed E-state index contributed by atoms with van der Waals surface area (Å²) in [6.07, 6.45) is 3.77. The van der Waals surface area contributed by atoms with Gasteiger partial charge in [-0.25, -0.2) is 32.7 Å². The Hall–Kier alpha value is -2.60. The molecule has 1 fully saturated rings. The number of nitrogens with one attached hydrogen (secondary N) is 1. The van der Waals surface area contributed by atoms with Crippen LogP contribution in [0.1, 0.15) is 31.5 Å². The van der Waals surface area contributed by atoms with Crippen molar-refractivity contribution in [1.82, 2.24) is 24.2 Å². The van der Waals surface area contributed by atoms with E-state index < -0.39 is 10.0 Å². The first-order valence-electron chi connectivity index (χ1n) is 10.8. The molecule has 1 aliphatic rings. The highest BCUT2D eigenvalue weighted by Gasteiger charge is 2.27. The number of halogens is 1. The standard InChI is InChI=1S/C22H23ClN6O3S2/c1-13(27-20-19-22(25-11-24-20)33-12-26-19)17-10-14-4-3-5-16(23)18(14)21(28-17)32-15-6-8-29(9-7-15)34(2,30)31/h3-5,10-13,15H,6-9H2,1-2H3,(H,24,25,27). The molecule has 1 N–H and O–H groups in total. The molecular weight excluding hydrogens is 496 g/mol. The van der Waals surface area contributed by atoms with Crippen LogP contribution < -0.4 is 10.1 Å². The summed E-state index contributed by atoms with van der Waals surface area (Å²) in [5.74, 6) is 1.09. The first kappa shape index (κ1) is 23.2. The third-order valence-corrected chi connectivity index (χ3v) is 8.22. The minimum atomic E-state index is -3.20. The van der Waals surface area contributed by atoms with Gasteiger partial charge in [-0.15, -0.1) is 11.3 Å². The summed E-state index contributed by atoms with van der Waals surface area (Å²) in [6.45, 7) is 2.84. The number of thiazole rings is 1. The van der Waals surface area contributed by atoms with Gasteiger partial charge in [0.15, 0.2) is 5.82 Å². The van der Waals surface area contributed by atoms with Gasteiger partial charge in [0.05, 0.1) is 33.9 Å². The van der Waals surface area contributed by atoms with Crippen molar-refractivity contribution in [2.75, 3.05) is 24.7 Å². The average Bonchev–Trinajstić information content (AvgIpc) is 3.29.